The number of halogens is 1. The number of hydrogen-bond acceptors (Lipinski definition) is 2. The number of hydrogen-bond donors (Lipinski definition) is 2. The standard InChI is InChI=1S/C7H17ClN2/c1-7(2)10-6-5-9-4-3-8/h7,9-10H,3-6H2,1-2H3. The van der Waals surface area contributed by atoms with Crippen LogP contribution < -0.4 is 10.6 Å². The first kappa shape index (κ1) is 10.2. The molecule has 3 heteroatoms. The normalized spacial score (nSPS) is 10.8. The lowest BCUT2D eigenvalue weighted by molar-refractivity contribution is 0.563. The molecule has 0 spiro atoms. The van der Waals surface area contributed by atoms with Gasteiger partial charge in [0.1, 0.15) is 0 Å². The largest absolute Gasteiger partial charge is 0.314 e. The highest BCUT2D eigenvalue weighted by molar-refractivity contribution is 6.18. The maximum absolute atomic E-state index is 5.46. The van der Waals surface area contributed by atoms with E-state index in [1.165, 1.54) is 0 Å². The monoisotopic (exact) mass is 164 g/mol. The van der Waals surface area contributed by atoms with E-state index in [2.05, 4.69) is 24.5 Å². The Labute approximate surface area is 68.3 Å². The fraction of sp³-hybridized carbons (Fsp3) is 1.00. The number of rotatable bonds is 6. The van der Waals surface area contributed by atoms with Gasteiger partial charge in [0.25, 0.3) is 0 Å². The van der Waals surface area contributed by atoms with Crippen LogP contribution in [0, 0.1) is 0 Å². The van der Waals surface area contributed by atoms with Crippen molar-refractivity contribution in [2.45, 2.75) is 19.9 Å². The summed E-state index contributed by atoms with van der Waals surface area (Å²) in [4.78, 5) is 0. The summed E-state index contributed by atoms with van der Waals surface area (Å²) in [7, 11) is 0. The Bertz CT molecular complexity index is 66.6. The molecule has 2 N–H and O–H groups in total. The maximum Gasteiger partial charge on any atom is 0.0348 e. The average molecular weight is 165 g/mol. The average Bonchev–Trinajstić information content (AvgIpc) is 1.87. The Morgan fingerprint density at radius 2 is 1.90 bits per heavy atom. The van der Waals surface area contributed by atoms with Crippen molar-refractivity contribution in [2.75, 3.05) is 25.5 Å². The molecule has 2 nitrogen and oxygen atoms in total. The predicted octanol–water partition coefficient (Wildman–Crippen LogP) is 0.813. The third-order valence-corrected chi connectivity index (χ3v) is 1.31. The minimum absolute atomic E-state index is 0.581. The van der Waals surface area contributed by atoms with Crippen molar-refractivity contribution in [3.05, 3.63) is 0 Å². The van der Waals surface area contributed by atoms with Crippen molar-refractivity contribution in [2.24, 2.45) is 0 Å². The van der Waals surface area contributed by atoms with Gasteiger partial charge in [0, 0.05) is 31.6 Å². The number of nitrogens with one attached hydrogen (secondary N) is 2. The molecule has 0 bridgehead atoms. The zero-order chi connectivity index (χ0) is 7.82. The lowest BCUT2D eigenvalue weighted by Gasteiger charge is -2.07. The Morgan fingerprint density at radius 1 is 1.20 bits per heavy atom. The van der Waals surface area contributed by atoms with Crippen LogP contribution in [0.5, 0.6) is 0 Å². The summed E-state index contributed by atoms with van der Waals surface area (Å²) in [6, 6.07) is 0.581. The van der Waals surface area contributed by atoms with Gasteiger partial charge >= 0.3 is 0 Å². The van der Waals surface area contributed by atoms with Gasteiger partial charge < -0.3 is 10.6 Å². The smallest absolute Gasteiger partial charge is 0.0348 e. The van der Waals surface area contributed by atoms with Crippen molar-refractivity contribution in [1.29, 1.82) is 0 Å². The summed E-state index contributed by atoms with van der Waals surface area (Å²) in [5.41, 5.74) is 0. The molecular formula is C7H17ClN2. The van der Waals surface area contributed by atoms with Crippen LogP contribution in [0.4, 0.5) is 0 Å². The van der Waals surface area contributed by atoms with E-state index in [1.54, 1.807) is 0 Å². The van der Waals surface area contributed by atoms with Gasteiger partial charge in [0.2, 0.25) is 0 Å². The second-order valence-corrected chi connectivity index (χ2v) is 2.93. The molecule has 0 rings (SSSR count). The molecule has 0 aromatic rings. The summed E-state index contributed by atoms with van der Waals surface area (Å²) in [5.74, 6) is 0.696. The molecule has 0 saturated carbocycles. The van der Waals surface area contributed by atoms with Gasteiger partial charge in [0.05, 0.1) is 0 Å². The van der Waals surface area contributed by atoms with Crippen molar-refractivity contribution in [1.82, 2.24) is 10.6 Å². The molecule has 0 unspecified atom stereocenters. The van der Waals surface area contributed by atoms with Gasteiger partial charge in [-0.25, -0.2) is 0 Å². The Hall–Kier alpha value is 0.210. The first-order valence-electron chi connectivity index (χ1n) is 3.77. The molecule has 0 aliphatic rings. The molecule has 62 valence electrons. The maximum atomic E-state index is 5.46. The molecule has 0 aliphatic heterocycles. The van der Waals surface area contributed by atoms with Crippen LogP contribution in [0.15, 0.2) is 0 Å². The first-order valence-corrected chi connectivity index (χ1v) is 4.31. The van der Waals surface area contributed by atoms with Crippen LogP contribution in [0.3, 0.4) is 0 Å². The minimum atomic E-state index is 0.581. The van der Waals surface area contributed by atoms with Crippen LogP contribution in [-0.4, -0.2) is 31.6 Å². The van der Waals surface area contributed by atoms with Gasteiger partial charge in [-0.2, -0.15) is 0 Å². The van der Waals surface area contributed by atoms with Crippen molar-refractivity contribution in [3.8, 4) is 0 Å². The second kappa shape index (κ2) is 7.32. The van der Waals surface area contributed by atoms with E-state index < -0.39 is 0 Å². The molecule has 10 heavy (non-hydrogen) atoms. The van der Waals surface area contributed by atoms with E-state index in [9.17, 15) is 0 Å². The van der Waals surface area contributed by atoms with E-state index in [4.69, 9.17) is 11.6 Å². The predicted molar refractivity (Wildman–Crippen MR) is 46.7 cm³/mol. The zero-order valence-electron chi connectivity index (χ0n) is 6.78. The van der Waals surface area contributed by atoms with Crippen molar-refractivity contribution in [3.63, 3.8) is 0 Å². The minimum Gasteiger partial charge on any atom is -0.314 e. The van der Waals surface area contributed by atoms with Crippen LogP contribution in [-0.2, 0) is 0 Å². The molecule has 0 saturated heterocycles. The summed E-state index contributed by atoms with van der Waals surface area (Å²) < 4.78 is 0. The fourth-order valence-electron chi connectivity index (χ4n) is 0.641. The third-order valence-electron chi connectivity index (χ3n) is 1.13. The lowest BCUT2D eigenvalue weighted by atomic mass is 10.4. The quantitative estimate of drug-likeness (QED) is 0.449. The Balaban J connectivity index is 2.77. The molecule has 0 aromatic carbocycles. The highest BCUT2D eigenvalue weighted by Crippen LogP contribution is 1.73. The molecule has 0 amide bonds. The summed E-state index contributed by atoms with van der Waals surface area (Å²) in [6.45, 7) is 7.21. The van der Waals surface area contributed by atoms with Crippen LogP contribution in [0.1, 0.15) is 13.8 Å². The van der Waals surface area contributed by atoms with Crippen LogP contribution in [0.2, 0.25) is 0 Å². The molecular weight excluding hydrogens is 148 g/mol. The van der Waals surface area contributed by atoms with Gasteiger partial charge in [-0.05, 0) is 0 Å². The van der Waals surface area contributed by atoms with E-state index in [0.29, 0.717) is 11.9 Å². The van der Waals surface area contributed by atoms with Gasteiger partial charge in [-0.15, -0.1) is 11.6 Å². The SMILES string of the molecule is CC(C)NCCNCCCl. The molecule has 0 atom stereocenters. The summed E-state index contributed by atoms with van der Waals surface area (Å²) >= 11 is 5.46. The molecule has 0 radical (unpaired) electrons. The molecule has 0 heterocycles. The zero-order valence-corrected chi connectivity index (χ0v) is 7.54. The van der Waals surface area contributed by atoms with Crippen LogP contribution >= 0.6 is 11.6 Å². The highest BCUT2D eigenvalue weighted by atomic mass is 35.5. The Morgan fingerprint density at radius 3 is 2.40 bits per heavy atom. The van der Waals surface area contributed by atoms with E-state index in [0.717, 1.165) is 19.6 Å². The van der Waals surface area contributed by atoms with Gasteiger partial charge in [-0.3, -0.25) is 0 Å². The van der Waals surface area contributed by atoms with E-state index >= 15 is 0 Å². The second-order valence-electron chi connectivity index (χ2n) is 2.55. The Kier molecular flexibility index (Phi) is 7.47. The third kappa shape index (κ3) is 8.21. The molecule has 0 fully saturated rings. The molecule has 0 aliphatic carbocycles. The van der Waals surface area contributed by atoms with Crippen molar-refractivity contribution >= 4 is 11.6 Å². The van der Waals surface area contributed by atoms with Crippen molar-refractivity contribution < 1.29 is 0 Å². The lowest BCUT2D eigenvalue weighted by Crippen LogP contribution is -2.32. The summed E-state index contributed by atoms with van der Waals surface area (Å²) in [6.07, 6.45) is 0. The fourth-order valence-corrected chi connectivity index (χ4v) is 0.775. The van der Waals surface area contributed by atoms with Gasteiger partial charge in [-0.1, -0.05) is 13.8 Å². The highest BCUT2D eigenvalue weighted by Gasteiger charge is 1.89. The number of alkyl halides is 1. The van der Waals surface area contributed by atoms with Gasteiger partial charge in [0.15, 0.2) is 0 Å². The van der Waals surface area contributed by atoms with E-state index in [1.807, 2.05) is 0 Å². The van der Waals surface area contributed by atoms with E-state index in [-0.39, 0.29) is 0 Å². The summed E-state index contributed by atoms with van der Waals surface area (Å²) in [5, 5.41) is 6.49. The first-order chi connectivity index (χ1) is 4.77. The van der Waals surface area contributed by atoms with Crippen LogP contribution in [0.25, 0.3) is 0 Å². The topological polar surface area (TPSA) is 24.1 Å². The molecule has 0 aromatic heterocycles.